The van der Waals surface area contributed by atoms with Gasteiger partial charge in [-0.25, -0.2) is 4.79 Å². The summed E-state index contributed by atoms with van der Waals surface area (Å²) in [5.74, 6) is -1.19. The number of rotatable bonds is 2. The van der Waals surface area contributed by atoms with E-state index < -0.39 is 23.5 Å². The largest absolute Gasteiger partial charge is 0.444 e. The van der Waals surface area contributed by atoms with Crippen LogP contribution < -0.4 is 11.1 Å². The van der Waals surface area contributed by atoms with Gasteiger partial charge in [-0.1, -0.05) is 12.1 Å². The Bertz CT molecular complexity index is 974. The summed E-state index contributed by atoms with van der Waals surface area (Å²) < 4.78 is 6.86. The summed E-state index contributed by atoms with van der Waals surface area (Å²) in [6.45, 7) is 6.01. The zero-order valence-electron chi connectivity index (χ0n) is 17.0. The van der Waals surface area contributed by atoms with Crippen molar-refractivity contribution in [3.63, 3.8) is 0 Å². The maximum atomic E-state index is 12.8. The minimum atomic E-state index is -0.617. The number of hydrogen-bond acceptors (Lipinski definition) is 6. The second-order valence-corrected chi connectivity index (χ2v) is 7.92. The van der Waals surface area contributed by atoms with Gasteiger partial charge in [0.25, 0.3) is 11.8 Å². The summed E-state index contributed by atoms with van der Waals surface area (Å²) in [5.41, 5.74) is 7.25. The van der Waals surface area contributed by atoms with Crippen molar-refractivity contribution in [3.8, 4) is 0 Å². The van der Waals surface area contributed by atoms with E-state index in [1.165, 1.54) is 9.58 Å². The molecule has 0 unspecified atom stereocenters. The van der Waals surface area contributed by atoms with Gasteiger partial charge in [-0.3, -0.25) is 19.6 Å². The van der Waals surface area contributed by atoms with Gasteiger partial charge in [0.2, 0.25) is 0 Å². The molecule has 154 valence electrons. The molecule has 3 N–H and O–H groups in total. The van der Waals surface area contributed by atoms with Gasteiger partial charge < -0.3 is 15.4 Å². The van der Waals surface area contributed by atoms with E-state index in [4.69, 9.17) is 10.5 Å². The van der Waals surface area contributed by atoms with Gasteiger partial charge in [-0.15, -0.1) is 0 Å². The van der Waals surface area contributed by atoms with Crippen LogP contribution in [0.2, 0.25) is 0 Å². The van der Waals surface area contributed by atoms with E-state index in [2.05, 4.69) is 10.4 Å². The van der Waals surface area contributed by atoms with Crippen molar-refractivity contribution in [1.82, 2.24) is 20.0 Å². The Morgan fingerprint density at radius 1 is 1.17 bits per heavy atom. The number of para-hydroxylation sites is 1. The first-order valence-corrected chi connectivity index (χ1v) is 9.29. The Morgan fingerprint density at radius 2 is 1.86 bits per heavy atom. The number of anilines is 1. The van der Waals surface area contributed by atoms with Crippen LogP contribution in [0.15, 0.2) is 24.3 Å². The van der Waals surface area contributed by atoms with Crippen LogP contribution in [0.4, 0.5) is 10.5 Å². The smallest absolute Gasteiger partial charge is 0.410 e. The molecule has 0 aliphatic carbocycles. The quantitative estimate of drug-likeness (QED) is 0.588. The predicted octanol–water partition coefficient (Wildman–Crippen LogP) is 1.87. The summed E-state index contributed by atoms with van der Waals surface area (Å²) in [6.07, 6.45) is 0.0430. The normalized spacial score (nSPS) is 13.6. The number of carbonyl (C=O) groups excluding carboxylic acids is 3. The lowest BCUT2D eigenvalue weighted by Crippen LogP contribution is -2.40. The summed E-state index contributed by atoms with van der Waals surface area (Å²) in [4.78, 5) is 39.2. The molecule has 0 atom stereocenters. The average molecular weight is 399 g/mol. The number of aromatic nitrogens is 2. The highest BCUT2D eigenvalue weighted by Crippen LogP contribution is 2.24. The number of amides is 3. The number of carbonyl (C=O) groups is 3. The molecule has 2 aromatic rings. The zero-order valence-corrected chi connectivity index (χ0v) is 17.0. The second kappa shape index (κ2) is 7.57. The predicted molar refractivity (Wildman–Crippen MR) is 106 cm³/mol. The Morgan fingerprint density at radius 3 is 2.52 bits per heavy atom. The van der Waals surface area contributed by atoms with Gasteiger partial charge in [0, 0.05) is 31.3 Å². The second-order valence-electron chi connectivity index (χ2n) is 7.92. The molecule has 29 heavy (non-hydrogen) atoms. The lowest BCUT2D eigenvalue weighted by atomic mass is 10.0. The number of fused-ring (bicyclic) bond motifs is 1. The highest BCUT2D eigenvalue weighted by Gasteiger charge is 2.32. The van der Waals surface area contributed by atoms with E-state index in [0.717, 1.165) is 5.69 Å². The Hall–Kier alpha value is -3.36. The van der Waals surface area contributed by atoms with Crippen LogP contribution in [0.5, 0.6) is 0 Å². The number of benzene rings is 1. The van der Waals surface area contributed by atoms with Crippen LogP contribution in [0, 0.1) is 0 Å². The van der Waals surface area contributed by atoms with Gasteiger partial charge in [-0.2, -0.15) is 5.10 Å². The first-order valence-electron chi connectivity index (χ1n) is 9.29. The molecule has 0 saturated carbocycles. The van der Waals surface area contributed by atoms with E-state index >= 15 is 0 Å². The monoisotopic (exact) mass is 399 g/mol. The van der Waals surface area contributed by atoms with E-state index in [1.54, 1.807) is 52.1 Å². The minimum Gasteiger partial charge on any atom is -0.444 e. The fraction of sp³-hybridized carbons (Fsp3) is 0.400. The fourth-order valence-corrected chi connectivity index (χ4v) is 3.20. The third-order valence-corrected chi connectivity index (χ3v) is 4.50. The summed E-state index contributed by atoms with van der Waals surface area (Å²) in [6, 6.07) is 6.50. The number of nitrogens with one attached hydrogen (secondary N) is 1. The van der Waals surface area contributed by atoms with Crippen LogP contribution in [-0.2, 0) is 24.8 Å². The third-order valence-electron chi connectivity index (χ3n) is 4.50. The van der Waals surface area contributed by atoms with E-state index in [9.17, 15) is 14.4 Å². The SMILES string of the molecule is Cn1nc2c(c1C(=O)NC(=O)c1ccccc1N)CN(C(=O)OC(C)(C)C)CC2. The van der Waals surface area contributed by atoms with Crippen molar-refractivity contribution in [2.24, 2.45) is 7.05 Å². The van der Waals surface area contributed by atoms with Crippen molar-refractivity contribution < 1.29 is 19.1 Å². The van der Waals surface area contributed by atoms with Gasteiger partial charge in [0.15, 0.2) is 0 Å². The van der Waals surface area contributed by atoms with Crippen molar-refractivity contribution in [3.05, 3.63) is 46.8 Å². The topological polar surface area (TPSA) is 120 Å². The van der Waals surface area contributed by atoms with Crippen LogP contribution in [0.1, 0.15) is 52.9 Å². The Balaban J connectivity index is 1.81. The summed E-state index contributed by atoms with van der Waals surface area (Å²) in [5, 5.41) is 6.74. The minimum absolute atomic E-state index is 0.183. The Kier molecular flexibility index (Phi) is 5.32. The van der Waals surface area contributed by atoms with Gasteiger partial charge in [0.05, 0.1) is 17.8 Å². The van der Waals surface area contributed by atoms with Crippen LogP contribution in [-0.4, -0.2) is 44.7 Å². The molecule has 3 amide bonds. The highest BCUT2D eigenvalue weighted by atomic mass is 16.6. The molecule has 3 rings (SSSR count). The van der Waals surface area contributed by atoms with Gasteiger partial charge in [-0.05, 0) is 32.9 Å². The molecule has 0 bridgehead atoms. The fourth-order valence-electron chi connectivity index (χ4n) is 3.20. The first kappa shape index (κ1) is 20.4. The number of ether oxygens (including phenoxy) is 1. The molecule has 2 heterocycles. The summed E-state index contributed by atoms with van der Waals surface area (Å²) >= 11 is 0. The maximum Gasteiger partial charge on any atom is 0.410 e. The molecule has 1 aromatic heterocycles. The van der Waals surface area contributed by atoms with E-state index in [1.807, 2.05) is 0 Å². The molecule has 1 aliphatic rings. The van der Waals surface area contributed by atoms with Crippen molar-refractivity contribution >= 4 is 23.6 Å². The molecule has 0 saturated heterocycles. The standard InChI is InChI=1S/C20H25N5O4/c1-20(2,3)29-19(28)25-10-9-15-13(11-25)16(24(4)23-15)18(27)22-17(26)12-7-5-6-8-14(12)21/h5-8H,9-11,21H2,1-4H3,(H,22,26,27). The number of nitrogens with zero attached hydrogens (tertiary/aromatic N) is 3. The van der Waals surface area contributed by atoms with Crippen molar-refractivity contribution in [2.45, 2.75) is 39.3 Å². The highest BCUT2D eigenvalue weighted by molar-refractivity contribution is 6.12. The lowest BCUT2D eigenvalue weighted by molar-refractivity contribution is 0.0222. The van der Waals surface area contributed by atoms with Crippen LogP contribution >= 0.6 is 0 Å². The van der Waals surface area contributed by atoms with Crippen molar-refractivity contribution in [1.29, 1.82) is 0 Å². The number of hydrogen-bond donors (Lipinski definition) is 2. The van der Waals surface area contributed by atoms with Gasteiger partial charge >= 0.3 is 6.09 Å². The molecule has 0 radical (unpaired) electrons. The number of aryl methyl sites for hydroxylation is 1. The average Bonchev–Trinajstić information content (AvgIpc) is 2.95. The van der Waals surface area contributed by atoms with Crippen LogP contribution in [0.25, 0.3) is 0 Å². The molecule has 0 spiro atoms. The number of imide groups is 1. The number of nitrogens with two attached hydrogens (primary N) is 1. The molecular weight excluding hydrogens is 374 g/mol. The summed E-state index contributed by atoms with van der Waals surface area (Å²) in [7, 11) is 1.63. The third kappa shape index (κ3) is 4.39. The molecule has 1 aliphatic heterocycles. The maximum absolute atomic E-state index is 12.8. The molecule has 0 fully saturated rings. The van der Waals surface area contributed by atoms with Gasteiger partial charge in [0.1, 0.15) is 11.3 Å². The van der Waals surface area contributed by atoms with Crippen LogP contribution in [0.3, 0.4) is 0 Å². The Labute approximate surface area is 168 Å². The lowest BCUT2D eigenvalue weighted by Gasteiger charge is -2.29. The van der Waals surface area contributed by atoms with E-state index in [-0.39, 0.29) is 23.5 Å². The first-order chi connectivity index (χ1) is 13.6. The molecular formula is C20H25N5O4. The van der Waals surface area contributed by atoms with Crippen molar-refractivity contribution in [2.75, 3.05) is 12.3 Å². The number of nitrogen functional groups attached to an aromatic ring is 1. The zero-order chi connectivity index (χ0) is 21.3. The molecule has 1 aromatic carbocycles. The molecule has 9 heteroatoms. The molecule has 9 nitrogen and oxygen atoms in total. The van der Waals surface area contributed by atoms with E-state index in [0.29, 0.717) is 18.5 Å².